The van der Waals surface area contributed by atoms with Gasteiger partial charge in [-0.1, -0.05) is 29.3 Å². The number of nitrogens with zero attached hydrogens (tertiary/aromatic N) is 1. The van der Waals surface area contributed by atoms with E-state index in [4.69, 9.17) is 27.9 Å². The van der Waals surface area contributed by atoms with Crippen LogP contribution in [0.25, 0.3) is 0 Å². The molecule has 0 saturated carbocycles. The summed E-state index contributed by atoms with van der Waals surface area (Å²) in [6, 6.07) is 5.12. The number of ether oxygens (including phenoxy) is 1. The van der Waals surface area contributed by atoms with Gasteiger partial charge in [-0.15, -0.1) is 0 Å². The number of benzene rings is 1. The van der Waals surface area contributed by atoms with Gasteiger partial charge >= 0.3 is 6.03 Å². The molecule has 0 aromatic heterocycles. The summed E-state index contributed by atoms with van der Waals surface area (Å²) in [5, 5.41) is 6.75. The third-order valence-electron chi connectivity index (χ3n) is 5.40. The van der Waals surface area contributed by atoms with E-state index in [9.17, 15) is 9.59 Å². The number of urea groups is 1. The molecule has 2 N–H and O–H groups in total. The largest absolute Gasteiger partial charge is 0.381 e. The monoisotopic (exact) mass is 413 g/mol. The second kappa shape index (κ2) is 9.13. The van der Waals surface area contributed by atoms with E-state index in [1.807, 2.05) is 12.1 Å². The van der Waals surface area contributed by atoms with Crippen LogP contribution in [-0.4, -0.2) is 56.2 Å². The standard InChI is InChI=1S/C19H25Cl2N3O3/c20-14-3-4-15(16(21)11-14)19(5-9-27-10-6-19)13-23-18(26)22-12-17(25)24-7-1-2-8-24/h3-4,11H,1-2,5-10,12-13H2,(H2,22,23,26). The Morgan fingerprint density at radius 2 is 1.81 bits per heavy atom. The molecule has 0 radical (unpaired) electrons. The summed E-state index contributed by atoms with van der Waals surface area (Å²) >= 11 is 12.5. The SMILES string of the molecule is O=C(NCC(=O)N1CCCC1)NCC1(c2ccc(Cl)cc2Cl)CCOCC1. The molecule has 0 spiro atoms. The molecule has 2 heterocycles. The topological polar surface area (TPSA) is 70.7 Å². The van der Waals surface area contributed by atoms with Crippen LogP contribution in [0.4, 0.5) is 4.79 Å². The normalized spacial score (nSPS) is 19.0. The van der Waals surface area contributed by atoms with Crippen molar-refractivity contribution in [3.05, 3.63) is 33.8 Å². The molecule has 2 aliphatic heterocycles. The molecule has 3 amide bonds. The minimum Gasteiger partial charge on any atom is -0.381 e. The molecular formula is C19H25Cl2N3O3. The van der Waals surface area contributed by atoms with Gasteiger partial charge in [0.2, 0.25) is 5.91 Å². The zero-order valence-corrected chi connectivity index (χ0v) is 16.7. The zero-order valence-electron chi connectivity index (χ0n) is 15.2. The number of rotatable bonds is 5. The molecule has 148 valence electrons. The van der Waals surface area contributed by atoms with Crippen LogP contribution in [0.3, 0.4) is 0 Å². The van der Waals surface area contributed by atoms with E-state index in [1.165, 1.54) is 0 Å². The first kappa shape index (κ1) is 20.2. The minimum absolute atomic E-state index is 0.0175. The van der Waals surface area contributed by atoms with E-state index in [0.29, 0.717) is 29.8 Å². The number of carbonyl (C=O) groups excluding carboxylic acids is 2. The quantitative estimate of drug-likeness (QED) is 0.779. The molecule has 8 heteroatoms. The van der Waals surface area contributed by atoms with Crippen molar-refractivity contribution in [1.29, 1.82) is 0 Å². The Bertz CT molecular complexity index is 687. The molecule has 27 heavy (non-hydrogen) atoms. The molecular weight excluding hydrogens is 389 g/mol. The summed E-state index contributed by atoms with van der Waals surface area (Å²) in [7, 11) is 0. The van der Waals surface area contributed by atoms with Crippen molar-refractivity contribution in [1.82, 2.24) is 15.5 Å². The van der Waals surface area contributed by atoms with E-state index in [1.54, 1.807) is 11.0 Å². The first-order valence-electron chi connectivity index (χ1n) is 9.33. The lowest BCUT2D eigenvalue weighted by Gasteiger charge is -2.38. The van der Waals surface area contributed by atoms with Crippen LogP contribution in [0.15, 0.2) is 18.2 Å². The summed E-state index contributed by atoms with van der Waals surface area (Å²) in [6.07, 6.45) is 3.57. The van der Waals surface area contributed by atoms with Crippen molar-refractivity contribution in [2.24, 2.45) is 0 Å². The third-order valence-corrected chi connectivity index (χ3v) is 5.95. The number of hydrogen-bond acceptors (Lipinski definition) is 3. The fraction of sp³-hybridized carbons (Fsp3) is 0.579. The predicted octanol–water partition coefficient (Wildman–Crippen LogP) is 2.96. The first-order chi connectivity index (χ1) is 13.0. The van der Waals surface area contributed by atoms with Gasteiger partial charge in [-0.2, -0.15) is 0 Å². The van der Waals surface area contributed by atoms with Gasteiger partial charge in [-0.3, -0.25) is 4.79 Å². The van der Waals surface area contributed by atoms with Crippen LogP contribution in [0.5, 0.6) is 0 Å². The van der Waals surface area contributed by atoms with E-state index < -0.39 is 0 Å². The number of likely N-dealkylation sites (tertiary alicyclic amines) is 1. The average molecular weight is 414 g/mol. The predicted molar refractivity (Wildman–Crippen MR) is 105 cm³/mol. The third kappa shape index (κ3) is 5.06. The highest BCUT2D eigenvalue weighted by molar-refractivity contribution is 6.35. The highest BCUT2D eigenvalue weighted by atomic mass is 35.5. The Kier molecular flexibility index (Phi) is 6.84. The molecule has 1 aromatic carbocycles. The van der Waals surface area contributed by atoms with E-state index in [0.717, 1.165) is 44.3 Å². The maximum atomic E-state index is 12.2. The Morgan fingerprint density at radius 3 is 2.48 bits per heavy atom. The van der Waals surface area contributed by atoms with Crippen molar-refractivity contribution in [3.63, 3.8) is 0 Å². The smallest absolute Gasteiger partial charge is 0.315 e. The Morgan fingerprint density at radius 1 is 1.11 bits per heavy atom. The van der Waals surface area contributed by atoms with Gasteiger partial charge in [0, 0.05) is 48.3 Å². The van der Waals surface area contributed by atoms with Crippen molar-refractivity contribution in [3.8, 4) is 0 Å². The fourth-order valence-corrected chi connectivity index (χ4v) is 4.38. The highest BCUT2D eigenvalue weighted by Crippen LogP contribution is 2.39. The minimum atomic E-state index is -0.349. The van der Waals surface area contributed by atoms with Crippen LogP contribution >= 0.6 is 23.2 Å². The Labute approximate surface area is 169 Å². The maximum Gasteiger partial charge on any atom is 0.315 e. The summed E-state index contributed by atoms with van der Waals surface area (Å²) in [6.45, 7) is 3.21. The lowest BCUT2D eigenvalue weighted by Crippen LogP contribution is -2.49. The van der Waals surface area contributed by atoms with Crippen LogP contribution in [0.1, 0.15) is 31.2 Å². The van der Waals surface area contributed by atoms with Crippen LogP contribution in [-0.2, 0) is 14.9 Å². The number of halogens is 2. The van der Waals surface area contributed by atoms with Gasteiger partial charge in [0.05, 0.1) is 6.54 Å². The lowest BCUT2D eigenvalue weighted by molar-refractivity contribution is -0.128. The van der Waals surface area contributed by atoms with Crippen molar-refractivity contribution in [2.75, 3.05) is 39.4 Å². The molecule has 1 aromatic rings. The van der Waals surface area contributed by atoms with E-state index in [2.05, 4.69) is 10.6 Å². The van der Waals surface area contributed by atoms with Gasteiger partial charge in [0.1, 0.15) is 0 Å². The molecule has 0 bridgehead atoms. The van der Waals surface area contributed by atoms with Gasteiger partial charge in [0.15, 0.2) is 0 Å². The van der Waals surface area contributed by atoms with Crippen LogP contribution in [0, 0.1) is 0 Å². The summed E-state index contributed by atoms with van der Waals surface area (Å²) in [5.74, 6) is -0.0378. The fourth-order valence-electron chi connectivity index (χ4n) is 3.77. The lowest BCUT2D eigenvalue weighted by atomic mass is 9.74. The van der Waals surface area contributed by atoms with Crippen LogP contribution < -0.4 is 10.6 Å². The Hall–Kier alpha value is -1.50. The first-order valence-corrected chi connectivity index (χ1v) is 10.1. The molecule has 0 unspecified atom stereocenters. The number of nitrogens with one attached hydrogen (secondary N) is 2. The molecule has 2 saturated heterocycles. The van der Waals surface area contributed by atoms with Gasteiger partial charge in [-0.05, 0) is 43.4 Å². The number of hydrogen-bond donors (Lipinski definition) is 2. The summed E-state index contributed by atoms with van der Waals surface area (Å²) in [5.41, 5.74) is 0.654. The highest BCUT2D eigenvalue weighted by Gasteiger charge is 2.36. The maximum absolute atomic E-state index is 12.2. The second-order valence-corrected chi connectivity index (χ2v) is 7.98. The van der Waals surface area contributed by atoms with Gasteiger partial charge in [0.25, 0.3) is 0 Å². The second-order valence-electron chi connectivity index (χ2n) is 7.14. The van der Waals surface area contributed by atoms with Crippen molar-refractivity contribution in [2.45, 2.75) is 31.1 Å². The van der Waals surface area contributed by atoms with Gasteiger partial charge in [-0.25, -0.2) is 4.79 Å². The Balaban J connectivity index is 1.59. The van der Waals surface area contributed by atoms with Crippen molar-refractivity contribution >= 4 is 35.1 Å². The van der Waals surface area contributed by atoms with Crippen LogP contribution in [0.2, 0.25) is 10.0 Å². The number of amides is 3. The molecule has 0 aliphatic carbocycles. The summed E-state index contributed by atoms with van der Waals surface area (Å²) < 4.78 is 5.50. The molecule has 6 nitrogen and oxygen atoms in total. The van der Waals surface area contributed by atoms with E-state index >= 15 is 0 Å². The van der Waals surface area contributed by atoms with Crippen molar-refractivity contribution < 1.29 is 14.3 Å². The van der Waals surface area contributed by atoms with E-state index in [-0.39, 0.29) is 23.9 Å². The average Bonchev–Trinajstić information content (AvgIpc) is 3.20. The van der Waals surface area contributed by atoms with Gasteiger partial charge < -0.3 is 20.3 Å². The zero-order chi connectivity index (χ0) is 19.3. The number of carbonyl (C=O) groups is 2. The summed E-state index contributed by atoms with van der Waals surface area (Å²) in [4.78, 5) is 26.1. The molecule has 0 atom stereocenters. The molecule has 3 rings (SSSR count). The molecule has 2 fully saturated rings. The molecule has 2 aliphatic rings.